The van der Waals surface area contributed by atoms with E-state index in [4.69, 9.17) is 11.5 Å². The monoisotopic (exact) mass is 347 g/mol. The van der Waals surface area contributed by atoms with Gasteiger partial charge >= 0.3 is 0 Å². The Bertz CT molecular complexity index is 681. The molecule has 108 valence electrons. The molecule has 21 heavy (non-hydrogen) atoms. The number of rotatable bonds is 4. The highest BCUT2D eigenvalue weighted by atomic mass is 79.9. The molecular formula is C15H14BrN3O2. The number of carbonyl (C=O) groups is 2. The Labute approximate surface area is 130 Å². The third kappa shape index (κ3) is 4.06. The molecule has 0 unspecified atom stereocenters. The van der Waals surface area contributed by atoms with E-state index in [0.717, 1.165) is 4.47 Å². The van der Waals surface area contributed by atoms with E-state index >= 15 is 0 Å². The fraction of sp³-hybridized carbons (Fsp3) is 0.0667. The van der Waals surface area contributed by atoms with Crippen LogP contribution in [0.3, 0.4) is 0 Å². The van der Waals surface area contributed by atoms with Crippen LogP contribution in [0, 0.1) is 0 Å². The number of halogens is 1. The Kier molecular flexibility index (Phi) is 4.59. The van der Waals surface area contributed by atoms with Crippen LogP contribution in [-0.2, 0) is 11.2 Å². The fourth-order valence-electron chi connectivity index (χ4n) is 1.92. The van der Waals surface area contributed by atoms with Gasteiger partial charge in [0.15, 0.2) is 0 Å². The Morgan fingerprint density at radius 3 is 2.52 bits per heavy atom. The molecule has 0 aliphatic carbocycles. The molecule has 0 aliphatic heterocycles. The van der Waals surface area contributed by atoms with Crippen LogP contribution in [0.25, 0.3) is 0 Å². The molecule has 0 fully saturated rings. The molecule has 0 atom stereocenters. The zero-order valence-electron chi connectivity index (χ0n) is 11.1. The van der Waals surface area contributed by atoms with Crippen LogP contribution >= 0.6 is 15.9 Å². The van der Waals surface area contributed by atoms with Crippen LogP contribution in [0.5, 0.6) is 0 Å². The van der Waals surface area contributed by atoms with Gasteiger partial charge in [0.2, 0.25) is 5.91 Å². The lowest BCUT2D eigenvalue weighted by Crippen LogP contribution is -2.17. The van der Waals surface area contributed by atoms with E-state index in [-0.39, 0.29) is 12.3 Å². The highest BCUT2D eigenvalue weighted by Crippen LogP contribution is 2.20. The number of hydrogen-bond acceptors (Lipinski definition) is 3. The largest absolute Gasteiger partial charge is 0.399 e. The van der Waals surface area contributed by atoms with Crippen molar-refractivity contribution >= 4 is 39.1 Å². The van der Waals surface area contributed by atoms with Crippen molar-refractivity contribution in [1.29, 1.82) is 0 Å². The predicted molar refractivity (Wildman–Crippen MR) is 85.8 cm³/mol. The summed E-state index contributed by atoms with van der Waals surface area (Å²) in [6.45, 7) is 0. The normalized spacial score (nSPS) is 10.1. The van der Waals surface area contributed by atoms with E-state index in [9.17, 15) is 9.59 Å². The highest BCUT2D eigenvalue weighted by molar-refractivity contribution is 9.10. The lowest BCUT2D eigenvalue weighted by Gasteiger charge is -2.10. The molecule has 0 saturated heterocycles. The van der Waals surface area contributed by atoms with Gasteiger partial charge in [-0.25, -0.2) is 0 Å². The van der Waals surface area contributed by atoms with Crippen LogP contribution in [0.4, 0.5) is 11.4 Å². The molecule has 0 aliphatic rings. The van der Waals surface area contributed by atoms with Gasteiger partial charge in [-0.05, 0) is 29.8 Å². The van der Waals surface area contributed by atoms with Crippen LogP contribution in [-0.4, -0.2) is 11.8 Å². The van der Waals surface area contributed by atoms with Gasteiger partial charge < -0.3 is 16.8 Å². The summed E-state index contributed by atoms with van der Waals surface area (Å²) in [7, 11) is 0. The first-order chi connectivity index (χ1) is 9.95. The maximum Gasteiger partial charge on any atom is 0.255 e. The van der Waals surface area contributed by atoms with Crippen LogP contribution < -0.4 is 16.8 Å². The molecule has 6 heteroatoms. The minimum absolute atomic E-state index is 0.0665. The van der Waals surface area contributed by atoms with Gasteiger partial charge in [0.05, 0.1) is 6.42 Å². The van der Waals surface area contributed by atoms with Gasteiger partial charge in [0, 0.05) is 21.4 Å². The SMILES string of the molecule is NC(=O)Cc1ccccc1NC(=O)c1cc(N)cc(Br)c1. The summed E-state index contributed by atoms with van der Waals surface area (Å²) >= 11 is 3.29. The number of para-hydroxylation sites is 1. The summed E-state index contributed by atoms with van der Waals surface area (Å²) in [6.07, 6.45) is 0.0665. The van der Waals surface area contributed by atoms with E-state index in [1.165, 1.54) is 0 Å². The van der Waals surface area contributed by atoms with Gasteiger partial charge in [-0.1, -0.05) is 34.1 Å². The topological polar surface area (TPSA) is 98.2 Å². The molecule has 2 aromatic carbocycles. The second-order valence-electron chi connectivity index (χ2n) is 4.53. The van der Waals surface area contributed by atoms with Gasteiger partial charge in [-0.15, -0.1) is 0 Å². The van der Waals surface area contributed by atoms with Crippen molar-refractivity contribution in [3.8, 4) is 0 Å². The average Bonchev–Trinajstić information content (AvgIpc) is 2.39. The van der Waals surface area contributed by atoms with Crippen molar-refractivity contribution in [2.45, 2.75) is 6.42 Å². The van der Waals surface area contributed by atoms with E-state index < -0.39 is 5.91 Å². The maximum absolute atomic E-state index is 12.3. The molecule has 2 aromatic rings. The van der Waals surface area contributed by atoms with Crippen LogP contribution in [0.1, 0.15) is 15.9 Å². The molecule has 2 rings (SSSR count). The third-order valence-corrected chi connectivity index (χ3v) is 3.27. The van der Waals surface area contributed by atoms with Gasteiger partial charge in [0.1, 0.15) is 0 Å². The van der Waals surface area contributed by atoms with Crippen LogP contribution in [0.2, 0.25) is 0 Å². The van der Waals surface area contributed by atoms with Gasteiger partial charge in [0.25, 0.3) is 5.91 Å². The van der Waals surface area contributed by atoms with E-state index in [1.54, 1.807) is 42.5 Å². The lowest BCUT2D eigenvalue weighted by molar-refractivity contribution is -0.117. The number of primary amides is 1. The zero-order chi connectivity index (χ0) is 15.4. The van der Waals surface area contributed by atoms with Crippen molar-refractivity contribution in [3.05, 3.63) is 58.1 Å². The summed E-state index contributed by atoms with van der Waals surface area (Å²) < 4.78 is 0.720. The van der Waals surface area contributed by atoms with Crippen molar-refractivity contribution < 1.29 is 9.59 Å². The molecule has 5 nitrogen and oxygen atoms in total. The number of hydrogen-bond donors (Lipinski definition) is 3. The van der Waals surface area contributed by atoms with Gasteiger partial charge in [-0.3, -0.25) is 9.59 Å². The lowest BCUT2D eigenvalue weighted by atomic mass is 10.1. The molecule has 0 radical (unpaired) electrons. The van der Waals surface area contributed by atoms with E-state index in [1.807, 2.05) is 0 Å². The van der Waals surface area contributed by atoms with Crippen molar-refractivity contribution in [1.82, 2.24) is 0 Å². The number of nitrogen functional groups attached to an aromatic ring is 1. The summed E-state index contributed by atoms with van der Waals surface area (Å²) in [6, 6.07) is 12.0. The van der Waals surface area contributed by atoms with E-state index in [0.29, 0.717) is 22.5 Å². The Hall–Kier alpha value is -2.34. The molecule has 2 amide bonds. The van der Waals surface area contributed by atoms with Crippen molar-refractivity contribution in [2.75, 3.05) is 11.1 Å². The second-order valence-corrected chi connectivity index (χ2v) is 5.44. The Morgan fingerprint density at radius 2 is 1.86 bits per heavy atom. The zero-order valence-corrected chi connectivity index (χ0v) is 12.7. The molecular weight excluding hydrogens is 334 g/mol. The summed E-state index contributed by atoms with van der Waals surface area (Å²) in [5, 5.41) is 2.76. The standard InChI is InChI=1S/C15H14BrN3O2/c16-11-5-10(6-12(17)8-11)15(21)19-13-4-2-1-3-9(13)7-14(18)20/h1-6,8H,7,17H2,(H2,18,20)(H,19,21). The first-order valence-electron chi connectivity index (χ1n) is 6.19. The maximum atomic E-state index is 12.3. The summed E-state index contributed by atoms with van der Waals surface area (Å²) in [5.74, 6) is -0.761. The van der Waals surface area contributed by atoms with Gasteiger partial charge in [-0.2, -0.15) is 0 Å². The molecule has 0 bridgehead atoms. The minimum Gasteiger partial charge on any atom is -0.399 e. The number of benzene rings is 2. The first-order valence-corrected chi connectivity index (χ1v) is 6.98. The number of nitrogens with one attached hydrogen (secondary N) is 1. The Morgan fingerprint density at radius 1 is 1.14 bits per heavy atom. The Balaban J connectivity index is 2.25. The number of amides is 2. The smallest absolute Gasteiger partial charge is 0.255 e. The number of nitrogens with two attached hydrogens (primary N) is 2. The number of carbonyl (C=O) groups excluding carboxylic acids is 2. The molecule has 0 aromatic heterocycles. The summed E-state index contributed by atoms with van der Waals surface area (Å²) in [4.78, 5) is 23.3. The number of anilines is 2. The van der Waals surface area contributed by atoms with E-state index in [2.05, 4.69) is 21.2 Å². The third-order valence-electron chi connectivity index (χ3n) is 2.81. The highest BCUT2D eigenvalue weighted by Gasteiger charge is 2.11. The molecule has 0 spiro atoms. The molecule has 0 saturated carbocycles. The molecule has 0 heterocycles. The second kappa shape index (κ2) is 6.41. The fourth-order valence-corrected chi connectivity index (χ4v) is 2.43. The quantitative estimate of drug-likeness (QED) is 0.740. The predicted octanol–water partition coefficient (Wildman–Crippen LogP) is 2.31. The average molecular weight is 348 g/mol. The minimum atomic E-state index is -0.455. The first kappa shape index (κ1) is 15.1. The van der Waals surface area contributed by atoms with Crippen LogP contribution in [0.15, 0.2) is 46.9 Å². The summed E-state index contributed by atoms with van der Waals surface area (Å²) in [5.41, 5.74) is 13.1. The van der Waals surface area contributed by atoms with Crippen molar-refractivity contribution in [3.63, 3.8) is 0 Å². The molecule has 5 N–H and O–H groups in total. The van der Waals surface area contributed by atoms with Crippen molar-refractivity contribution in [2.24, 2.45) is 5.73 Å².